The largest absolute Gasteiger partial charge is 0.292 e. The average molecular weight is 581 g/mol. The Bertz CT molecular complexity index is 920. The fourth-order valence-corrected chi connectivity index (χ4v) is 4.55. The molecule has 0 saturated carbocycles. The van der Waals surface area contributed by atoms with E-state index in [0.29, 0.717) is 11.9 Å². The lowest BCUT2D eigenvalue weighted by molar-refractivity contribution is 0.712. The molecule has 112 valence electrons. The van der Waals surface area contributed by atoms with Crippen LogP contribution in [0.2, 0.25) is 0 Å². The second kappa shape index (κ2) is 6.56. The number of hydrogen-bond acceptors (Lipinski definition) is 2. The summed E-state index contributed by atoms with van der Waals surface area (Å²) < 4.78 is 4.82. The molecule has 1 aromatic heterocycles. The van der Waals surface area contributed by atoms with Gasteiger partial charge in [-0.2, -0.15) is 0 Å². The normalized spacial score (nSPS) is 11.1. The minimum atomic E-state index is 0.0156. The molecule has 0 radical (unpaired) electrons. The molecule has 1 heterocycles. The number of halogens is 3. The van der Waals surface area contributed by atoms with Crippen molar-refractivity contribution in [2.24, 2.45) is 0 Å². The van der Waals surface area contributed by atoms with E-state index in [0.717, 1.165) is 28.5 Å². The van der Waals surface area contributed by atoms with Gasteiger partial charge in [-0.1, -0.05) is 28.1 Å². The monoisotopic (exact) mass is 580 g/mol. The van der Waals surface area contributed by atoms with E-state index < -0.39 is 0 Å². The quantitative estimate of drug-likeness (QED) is 0.411. The highest BCUT2D eigenvalue weighted by Crippen LogP contribution is 2.20. The zero-order valence-corrected chi connectivity index (χ0v) is 17.5. The summed E-state index contributed by atoms with van der Waals surface area (Å²) in [5.41, 5.74) is 1.88. The van der Waals surface area contributed by atoms with Gasteiger partial charge in [0.05, 0.1) is 17.4 Å². The van der Waals surface area contributed by atoms with Crippen molar-refractivity contribution in [1.29, 1.82) is 0 Å². The number of nitrogens with zero attached hydrogens (tertiary/aromatic N) is 2. The molecule has 0 N–H and O–H groups in total. The highest BCUT2D eigenvalue weighted by Gasteiger charge is 2.12. The highest BCUT2D eigenvalue weighted by molar-refractivity contribution is 14.1. The van der Waals surface area contributed by atoms with Crippen molar-refractivity contribution in [2.75, 3.05) is 0 Å². The van der Waals surface area contributed by atoms with Gasteiger partial charge in [0.1, 0.15) is 5.82 Å². The van der Waals surface area contributed by atoms with Gasteiger partial charge in [0, 0.05) is 11.6 Å². The van der Waals surface area contributed by atoms with Crippen molar-refractivity contribution < 1.29 is 0 Å². The van der Waals surface area contributed by atoms with Gasteiger partial charge in [-0.25, -0.2) is 4.98 Å². The molecule has 3 aromatic rings. The van der Waals surface area contributed by atoms with E-state index in [9.17, 15) is 4.79 Å². The molecule has 0 spiro atoms. The van der Waals surface area contributed by atoms with Crippen LogP contribution in [0.15, 0.2) is 45.7 Å². The van der Waals surface area contributed by atoms with Crippen molar-refractivity contribution in [1.82, 2.24) is 9.55 Å². The van der Waals surface area contributed by atoms with Crippen molar-refractivity contribution in [3.8, 4) is 0 Å². The van der Waals surface area contributed by atoms with Crippen LogP contribution in [0.25, 0.3) is 10.9 Å². The SMILES string of the molecule is Cc1nc2c(I)cc(I)cc2c(=O)n1Cc1ccc(Br)cc1. The van der Waals surface area contributed by atoms with Crippen LogP contribution in [0.1, 0.15) is 11.4 Å². The molecule has 0 aliphatic heterocycles. The van der Waals surface area contributed by atoms with E-state index in [1.54, 1.807) is 4.57 Å². The molecule has 0 amide bonds. The maximum atomic E-state index is 12.8. The zero-order valence-electron chi connectivity index (χ0n) is 11.6. The molecule has 3 rings (SSSR count). The van der Waals surface area contributed by atoms with Gasteiger partial charge in [-0.15, -0.1) is 0 Å². The Balaban J connectivity index is 2.18. The first kappa shape index (κ1) is 16.4. The molecular formula is C16H11BrI2N2O. The van der Waals surface area contributed by atoms with Crippen LogP contribution >= 0.6 is 61.1 Å². The number of benzene rings is 2. The third-order valence-corrected chi connectivity index (χ3v) is 5.40. The predicted molar refractivity (Wildman–Crippen MR) is 109 cm³/mol. The summed E-state index contributed by atoms with van der Waals surface area (Å²) in [4.78, 5) is 17.5. The summed E-state index contributed by atoms with van der Waals surface area (Å²) in [6, 6.07) is 11.9. The van der Waals surface area contributed by atoms with E-state index in [2.05, 4.69) is 66.1 Å². The number of aryl methyl sites for hydroxylation is 1. The Morgan fingerprint density at radius 1 is 1.18 bits per heavy atom. The Labute approximate surface area is 163 Å². The van der Waals surface area contributed by atoms with Crippen molar-refractivity contribution >= 4 is 72.0 Å². The van der Waals surface area contributed by atoms with Gasteiger partial charge < -0.3 is 0 Å². The van der Waals surface area contributed by atoms with Gasteiger partial charge in [0.15, 0.2) is 0 Å². The van der Waals surface area contributed by atoms with Gasteiger partial charge in [-0.05, 0) is 81.9 Å². The van der Waals surface area contributed by atoms with Gasteiger partial charge in [-0.3, -0.25) is 9.36 Å². The molecule has 22 heavy (non-hydrogen) atoms. The van der Waals surface area contributed by atoms with E-state index in [1.165, 1.54) is 0 Å². The van der Waals surface area contributed by atoms with Gasteiger partial charge in [0.2, 0.25) is 0 Å². The van der Waals surface area contributed by atoms with Crippen LogP contribution in [0.5, 0.6) is 0 Å². The number of rotatable bonds is 2. The predicted octanol–water partition coefficient (Wildman–Crippen LogP) is 4.72. The summed E-state index contributed by atoms with van der Waals surface area (Å²) in [5, 5.41) is 0.680. The minimum Gasteiger partial charge on any atom is -0.292 e. The van der Waals surface area contributed by atoms with Crippen molar-refractivity contribution in [2.45, 2.75) is 13.5 Å². The van der Waals surface area contributed by atoms with Crippen molar-refractivity contribution in [3.63, 3.8) is 0 Å². The maximum Gasteiger partial charge on any atom is 0.261 e. The summed E-state index contributed by atoms with van der Waals surface area (Å²) in [6.07, 6.45) is 0. The molecule has 2 aromatic carbocycles. The number of hydrogen-bond donors (Lipinski definition) is 0. The van der Waals surface area contributed by atoms with E-state index >= 15 is 0 Å². The summed E-state index contributed by atoms with van der Waals surface area (Å²) in [6.45, 7) is 2.41. The Morgan fingerprint density at radius 2 is 1.86 bits per heavy atom. The van der Waals surface area contributed by atoms with Crippen LogP contribution in [-0.2, 0) is 6.54 Å². The minimum absolute atomic E-state index is 0.0156. The van der Waals surface area contributed by atoms with Crippen LogP contribution in [-0.4, -0.2) is 9.55 Å². The molecule has 6 heteroatoms. The first-order valence-electron chi connectivity index (χ1n) is 6.56. The Morgan fingerprint density at radius 3 is 2.55 bits per heavy atom. The molecule has 0 saturated heterocycles. The standard InChI is InChI=1S/C16H11BrI2N2O/c1-9-20-15-13(6-12(18)7-14(15)19)16(22)21(9)8-10-2-4-11(17)5-3-10/h2-7H,8H2,1H3. The lowest BCUT2D eigenvalue weighted by Gasteiger charge is -2.12. The Kier molecular flexibility index (Phi) is 4.89. The topological polar surface area (TPSA) is 34.9 Å². The smallest absolute Gasteiger partial charge is 0.261 e. The molecule has 0 fully saturated rings. The van der Waals surface area contributed by atoms with Gasteiger partial charge >= 0.3 is 0 Å². The van der Waals surface area contributed by atoms with Crippen LogP contribution in [0.3, 0.4) is 0 Å². The third-order valence-electron chi connectivity index (χ3n) is 3.42. The third kappa shape index (κ3) is 3.23. The molecule has 0 aliphatic carbocycles. The van der Waals surface area contributed by atoms with E-state index in [4.69, 9.17) is 0 Å². The Hall–Kier alpha value is -0.480. The van der Waals surface area contributed by atoms with E-state index in [1.807, 2.05) is 43.3 Å². The molecule has 0 atom stereocenters. The summed E-state index contributed by atoms with van der Waals surface area (Å²) in [7, 11) is 0. The second-order valence-corrected chi connectivity index (χ2v) is 8.28. The summed E-state index contributed by atoms with van der Waals surface area (Å²) in [5.74, 6) is 0.736. The van der Waals surface area contributed by atoms with Crippen molar-refractivity contribution in [3.05, 3.63) is 69.8 Å². The molecular weight excluding hydrogens is 570 g/mol. The molecule has 0 unspecified atom stereocenters. The van der Waals surface area contributed by atoms with Gasteiger partial charge in [0.25, 0.3) is 5.56 Å². The number of aromatic nitrogens is 2. The number of fused-ring (bicyclic) bond motifs is 1. The van der Waals surface area contributed by atoms with Crippen LogP contribution < -0.4 is 5.56 Å². The molecule has 3 nitrogen and oxygen atoms in total. The molecule has 0 aliphatic rings. The zero-order chi connectivity index (χ0) is 15.9. The fraction of sp³-hybridized carbons (Fsp3) is 0.125. The molecule has 0 bridgehead atoms. The second-order valence-electron chi connectivity index (χ2n) is 4.96. The van der Waals surface area contributed by atoms with E-state index in [-0.39, 0.29) is 5.56 Å². The maximum absolute atomic E-state index is 12.8. The lowest BCUT2D eigenvalue weighted by atomic mass is 10.2. The fourth-order valence-electron chi connectivity index (χ4n) is 2.32. The first-order valence-corrected chi connectivity index (χ1v) is 9.51. The summed E-state index contributed by atoms with van der Waals surface area (Å²) >= 11 is 7.89. The van der Waals surface area contributed by atoms with Crippen LogP contribution in [0.4, 0.5) is 0 Å². The lowest BCUT2D eigenvalue weighted by Crippen LogP contribution is -2.24. The first-order chi connectivity index (χ1) is 10.5. The highest BCUT2D eigenvalue weighted by atomic mass is 127. The van der Waals surface area contributed by atoms with Crippen LogP contribution in [0, 0.1) is 14.1 Å². The average Bonchev–Trinajstić information content (AvgIpc) is 2.47.